The van der Waals surface area contributed by atoms with Crippen LogP contribution in [-0.2, 0) is 11.2 Å². The third-order valence-electron chi connectivity index (χ3n) is 2.59. The predicted molar refractivity (Wildman–Crippen MR) is 69.0 cm³/mol. The summed E-state index contributed by atoms with van der Waals surface area (Å²) in [5, 5.41) is 12.8. The number of amides is 1. The summed E-state index contributed by atoms with van der Waals surface area (Å²) in [7, 11) is 0. The first-order valence-electron chi connectivity index (χ1n) is 5.69. The predicted octanol–water partition coefficient (Wildman–Crippen LogP) is 2.02. The normalized spacial score (nSPS) is 12.5. The van der Waals surface area contributed by atoms with Gasteiger partial charge in [0.25, 0.3) is 0 Å². The highest BCUT2D eigenvalue weighted by molar-refractivity contribution is 6.31. The Hall–Kier alpha value is -1.06. The first kappa shape index (κ1) is 14.0. The van der Waals surface area contributed by atoms with Gasteiger partial charge in [-0.3, -0.25) is 4.79 Å². The second kappa shape index (κ2) is 6.62. The number of hydrogen-bond donors (Lipinski definition) is 2. The van der Waals surface area contributed by atoms with Crippen LogP contribution in [0.4, 0.5) is 0 Å². The van der Waals surface area contributed by atoms with Crippen molar-refractivity contribution >= 4 is 17.5 Å². The van der Waals surface area contributed by atoms with E-state index in [2.05, 4.69) is 5.32 Å². The molecule has 0 aliphatic rings. The van der Waals surface area contributed by atoms with Crippen LogP contribution >= 0.6 is 11.6 Å². The van der Waals surface area contributed by atoms with E-state index in [1.165, 1.54) is 0 Å². The van der Waals surface area contributed by atoms with Gasteiger partial charge in [-0.2, -0.15) is 0 Å². The van der Waals surface area contributed by atoms with Gasteiger partial charge in [-0.25, -0.2) is 0 Å². The van der Waals surface area contributed by atoms with Crippen LogP contribution in [0.2, 0.25) is 5.02 Å². The maximum absolute atomic E-state index is 11.6. The van der Waals surface area contributed by atoms with E-state index in [1.54, 1.807) is 6.07 Å². The first-order chi connectivity index (χ1) is 8.00. The zero-order valence-electron chi connectivity index (χ0n) is 10.1. The van der Waals surface area contributed by atoms with Gasteiger partial charge >= 0.3 is 0 Å². The molecule has 0 radical (unpaired) electrons. The van der Waals surface area contributed by atoms with Crippen LogP contribution in [-0.4, -0.2) is 23.7 Å². The van der Waals surface area contributed by atoms with Crippen LogP contribution in [0.3, 0.4) is 0 Å². The highest BCUT2D eigenvalue weighted by Crippen LogP contribution is 2.15. The highest BCUT2D eigenvalue weighted by atomic mass is 35.5. The lowest BCUT2D eigenvalue weighted by Crippen LogP contribution is -2.35. The molecule has 17 heavy (non-hydrogen) atoms. The van der Waals surface area contributed by atoms with E-state index in [-0.39, 0.29) is 24.8 Å². The third-order valence-corrected chi connectivity index (χ3v) is 2.96. The monoisotopic (exact) mass is 255 g/mol. The molecule has 0 saturated carbocycles. The summed E-state index contributed by atoms with van der Waals surface area (Å²) in [6.07, 6.45) is -0.269. The minimum Gasteiger partial charge on any atom is -0.391 e. The molecular formula is C13H18ClNO2. The second-order valence-corrected chi connectivity index (χ2v) is 4.79. The van der Waals surface area contributed by atoms with Gasteiger partial charge in [-0.15, -0.1) is 0 Å². The Kier molecular flexibility index (Phi) is 5.45. The molecule has 1 aromatic carbocycles. The largest absolute Gasteiger partial charge is 0.391 e. The molecule has 2 N–H and O–H groups in total. The fourth-order valence-corrected chi connectivity index (χ4v) is 1.53. The number of hydrogen-bond acceptors (Lipinski definition) is 2. The van der Waals surface area contributed by atoms with Gasteiger partial charge in [0.2, 0.25) is 5.91 Å². The van der Waals surface area contributed by atoms with Gasteiger partial charge in [0.05, 0.1) is 12.5 Å². The molecule has 0 spiro atoms. The summed E-state index contributed by atoms with van der Waals surface area (Å²) in [5.41, 5.74) is 0.797. The Balaban J connectivity index is 2.43. The van der Waals surface area contributed by atoms with E-state index in [9.17, 15) is 9.90 Å². The Morgan fingerprint density at radius 3 is 2.65 bits per heavy atom. The van der Waals surface area contributed by atoms with Gasteiger partial charge in [-0.1, -0.05) is 43.6 Å². The van der Waals surface area contributed by atoms with Crippen LogP contribution in [0.5, 0.6) is 0 Å². The molecule has 1 rings (SSSR count). The molecule has 0 aliphatic carbocycles. The zero-order chi connectivity index (χ0) is 12.8. The lowest BCUT2D eigenvalue weighted by Gasteiger charge is -2.15. The van der Waals surface area contributed by atoms with Crippen molar-refractivity contribution in [3.05, 3.63) is 34.9 Å². The quantitative estimate of drug-likeness (QED) is 0.846. The number of carbonyl (C=O) groups is 1. The van der Waals surface area contributed by atoms with Crippen LogP contribution < -0.4 is 5.32 Å². The molecule has 0 fully saturated rings. The van der Waals surface area contributed by atoms with E-state index in [1.807, 2.05) is 32.0 Å². The van der Waals surface area contributed by atoms with Crippen molar-refractivity contribution in [2.45, 2.75) is 26.4 Å². The fraction of sp³-hybridized carbons (Fsp3) is 0.462. The summed E-state index contributed by atoms with van der Waals surface area (Å²) in [6.45, 7) is 4.09. The van der Waals surface area contributed by atoms with E-state index in [0.29, 0.717) is 5.02 Å². The Morgan fingerprint density at radius 2 is 2.06 bits per heavy atom. The molecule has 94 valence electrons. The minimum absolute atomic E-state index is 0.127. The SMILES string of the molecule is CC(C)C(O)CNC(=O)Cc1ccccc1Cl. The molecule has 3 nitrogen and oxygen atoms in total. The van der Waals surface area contributed by atoms with E-state index >= 15 is 0 Å². The molecule has 0 aromatic heterocycles. The molecular weight excluding hydrogens is 238 g/mol. The summed E-state index contributed by atoms with van der Waals surface area (Å²) < 4.78 is 0. The fourth-order valence-electron chi connectivity index (χ4n) is 1.33. The summed E-state index contributed by atoms with van der Waals surface area (Å²) in [5.74, 6) is 0.00779. The molecule has 1 aromatic rings. The number of carbonyl (C=O) groups excluding carboxylic acids is 1. The molecule has 0 bridgehead atoms. The number of benzene rings is 1. The summed E-state index contributed by atoms with van der Waals surface area (Å²) >= 11 is 5.95. The number of nitrogens with one attached hydrogen (secondary N) is 1. The van der Waals surface area contributed by atoms with Crippen LogP contribution in [0, 0.1) is 5.92 Å². The van der Waals surface area contributed by atoms with Crippen molar-refractivity contribution < 1.29 is 9.90 Å². The summed E-state index contributed by atoms with van der Waals surface area (Å²) in [6, 6.07) is 7.25. The van der Waals surface area contributed by atoms with Gasteiger partial charge in [-0.05, 0) is 17.5 Å². The molecule has 0 aliphatic heterocycles. The molecule has 4 heteroatoms. The molecule has 1 amide bonds. The van der Waals surface area contributed by atoms with Crippen molar-refractivity contribution in [1.29, 1.82) is 0 Å². The number of halogens is 1. The van der Waals surface area contributed by atoms with Crippen LogP contribution in [0.1, 0.15) is 19.4 Å². The maximum atomic E-state index is 11.6. The molecule has 1 atom stereocenters. The average molecular weight is 256 g/mol. The number of rotatable bonds is 5. The Labute approximate surface area is 107 Å². The molecule has 0 heterocycles. The Bertz CT molecular complexity index is 379. The smallest absolute Gasteiger partial charge is 0.224 e. The lowest BCUT2D eigenvalue weighted by molar-refractivity contribution is -0.121. The Morgan fingerprint density at radius 1 is 1.41 bits per heavy atom. The lowest BCUT2D eigenvalue weighted by atomic mass is 10.1. The van der Waals surface area contributed by atoms with Gasteiger partial charge < -0.3 is 10.4 Å². The maximum Gasteiger partial charge on any atom is 0.224 e. The molecule has 0 saturated heterocycles. The van der Waals surface area contributed by atoms with Gasteiger partial charge in [0, 0.05) is 11.6 Å². The van der Waals surface area contributed by atoms with Crippen molar-refractivity contribution in [3.8, 4) is 0 Å². The van der Waals surface area contributed by atoms with E-state index in [0.717, 1.165) is 5.56 Å². The standard InChI is InChI=1S/C13H18ClNO2/c1-9(2)12(16)8-15-13(17)7-10-5-3-4-6-11(10)14/h3-6,9,12,16H,7-8H2,1-2H3,(H,15,17). The van der Waals surface area contributed by atoms with Gasteiger partial charge in [0.15, 0.2) is 0 Å². The van der Waals surface area contributed by atoms with E-state index < -0.39 is 6.10 Å². The third kappa shape index (κ3) is 4.75. The number of aliphatic hydroxyl groups is 1. The average Bonchev–Trinajstić information content (AvgIpc) is 2.29. The zero-order valence-corrected chi connectivity index (χ0v) is 10.9. The highest BCUT2D eigenvalue weighted by Gasteiger charge is 2.11. The van der Waals surface area contributed by atoms with Crippen LogP contribution in [0.15, 0.2) is 24.3 Å². The first-order valence-corrected chi connectivity index (χ1v) is 6.06. The van der Waals surface area contributed by atoms with Crippen molar-refractivity contribution in [2.75, 3.05) is 6.54 Å². The minimum atomic E-state index is -0.509. The van der Waals surface area contributed by atoms with E-state index in [4.69, 9.17) is 11.6 Å². The molecule has 1 unspecified atom stereocenters. The summed E-state index contributed by atoms with van der Waals surface area (Å²) in [4.78, 5) is 11.6. The van der Waals surface area contributed by atoms with Crippen molar-refractivity contribution in [1.82, 2.24) is 5.32 Å². The van der Waals surface area contributed by atoms with Crippen molar-refractivity contribution in [3.63, 3.8) is 0 Å². The van der Waals surface area contributed by atoms with Crippen molar-refractivity contribution in [2.24, 2.45) is 5.92 Å². The topological polar surface area (TPSA) is 49.3 Å². The second-order valence-electron chi connectivity index (χ2n) is 4.38. The van der Waals surface area contributed by atoms with Gasteiger partial charge in [0.1, 0.15) is 0 Å². The van der Waals surface area contributed by atoms with Crippen LogP contribution in [0.25, 0.3) is 0 Å². The number of aliphatic hydroxyl groups excluding tert-OH is 1.